The molecule has 0 unspecified atom stereocenters. The number of aromatic nitrogens is 2. The van der Waals surface area contributed by atoms with Crippen molar-refractivity contribution in [3.63, 3.8) is 0 Å². The molecule has 2 aromatic rings. The molecule has 0 amide bonds. The number of methoxy groups -OCH3 is 1. The van der Waals surface area contributed by atoms with Gasteiger partial charge in [0, 0.05) is 25.2 Å². The molecule has 1 heterocycles. The first kappa shape index (κ1) is 15.5. The Morgan fingerprint density at radius 1 is 1.48 bits per heavy atom. The third kappa shape index (κ3) is 3.53. The number of nitrogens with zero attached hydrogens (tertiary/aromatic N) is 3. The molecule has 8 heteroatoms. The second kappa shape index (κ2) is 6.41. The monoisotopic (exact) mass is 334 g/mol. The summed E-state index contributed by atoms with van der Waals surface area (Å²) in [5, 5.41) is 19.6. The third-order valence-corrected chi connectivity index (χ3v) is 4.08. The van der Waals surface area contributed by atoms with Crippen LogP contribution >= 0.6 is 12.2 Å². The lowest BCUT2D eigenvalue weighted by molar-refractivity contribution is -0.678. The van der Waals surface area contributed by atoms with Gasteiger partial charge in [-0.3, -0.25) is 0 Å². The number of nitrogens with one attached hydrogen (secondary N) is 1. The van der Waals surface area contributed by atoms with E-state index in [1.54, 1.807) is 19.2 Å². The van der Waals surface area contributed by atoms with E-state index in [0.29, 0.717) is 23.4 Å². The van der Waals surface area contributed by atoms with E-state index in [2.05, 4.69) is 10.6 Å². The molecular weight excluding hydrogens is 316 g/mol. The Bertz CT molecular complexity index is 697. The number of hydrogen-bond acceptors (Lipinski definition) is 5. The lowest BCUT2D eigenvalue weighted by Crippen LogP contribution is -2.43. The summed E-state index contributed by atoms with van der Waals surface area (Å²) in [6.45, 7) is 0.312. The number of rotatable bonds is 5. The average Bonchev–Trinajstić information content (AvgIpc) is 3.31. The standard InChI is InChI=1S/C15H18N4O3S/c1-18(15(23)16-10-3-4-10)9-13-14(20)22-17-19(13)11-5-7-12(21-2)8-6-11/h5-8,10H,3-4,9H2,1-2H3,(H-,16,17,20,23). The van der Waals surface area contributed by atoms with Crippen LogP contribution in [-0.4, -0.2) is 35.5 Å². The van der Waals surface area contributed by atoms with Crippen molar-refractivity contribution < 1.29 is 19.0 Å². The van der Waals surface area contributed by atoms with Crippen LogP contribution in [0.3, 0.4) is 0 Å². The Morgan fingerprint density at radius 2 is 2.17 bits per heavy atom. The van der Waals surface area contributed by atoms with Crippen LogP contribution in [0.2, 0.25) is 0 Å². The molecular formula is C15H18N4O3S. The third-order valence-electron chi connectivity index (χ3n) is 3.65. The SMILES string of the molecule is COc1ccc(-[n+]2noc([O-])c2CN(C)C(=S)NC2CC2)cc1. The van der Waals surface area contributed by atoms with Crippen molar-refractivity contribution in [2.45, 2.75) is 25.4 Å². The van der Waals surface area contributed by atoms with Crippen molar-refractivity contribution >= 4 is 17.3 Å². The van der Waals surface area contributed by atoms with E-state index in [9.17, 15) is 5.11 Å². The highest BCUT2D eigenvalue weighted by Gasteiger charge is 2.26. The molecule has 0 aliphatic heterocycles. The lowest BCUT2D eigenvalue weighted by atomic mass is 10.3. The highest BCUT2D eigenvalue weighted by atomic mass is 32.1. The zero-order valence-electron chi connectivity index (χ0n) is 13.0. The molecule has 1 aromatic heterocycles. The molecule has 1 aliphatic carbocycles. The highest BCUT2D eigenvalue weighted by molar-refractivity contribution is 7.80. The van der Waals surface area contributed by atoms with Crippen LogP contribution in [-0.2, 0) is 6.54 Å². The van der Waals surface area contributed by atoms with E-state index in [1.807, 2.05) is 24.1 Å². The molecule has 23 heavy (non-hydrogen) atoms. The van der Waals surface area contributed by atoms with Crippen LogP contribution in [0.1, 0.15) is 18.5 Å². The summed E-state index contributed by atoms with van der Waals surface area (Å²) in [7, 11) is 3.44. The van der Waals surface area contributed by atoms with Gasteiger partial charge < -0.3 is 24.6 Å². The van der Waals surface area contributed by atoms with Crippen molar-refractivity contribution in [3.8, 4) is 17.4 Å². The summed E-state index contributed by atoms with van der Waals surface area (Å²) in [6, 6.07) is 7.69. The second-order valence-electron chi connectivity index (χ2n) is 5.50. The number of thiocarbonyl (C=S) groups is 1. The van der Waals surface area contributed by atoms with Crippen LogP contribution in [0.15, 0.2) is 28.8 Å². The Hall–Kier alpha value is -2.35. The average molecular weight is 334 g/mol. The summed E-state index contributed by atoms with van der Waals surface area (Å²) in [4.78, 5) is 1.81. The topological polar surface area (TPSA) is 77.5 Å². The van der Waals surface area contributed by atoms with E-state index in [-0.39, 0.29) is 0 Å². The van der Waals surface area contributed by atoms with Crippen molar-refractivity contribution in [3.05, 3.63) is 30.0 Å². The second-order valence-corrected chi connectivity index (χ2v) is 5.88. The summed E-state index contributed by atoms with van der Waals surface area (Å²) in [6.07, 6.45) is 2.28. The Balaban J connectivity index is 1.78. The fraction of sp³-hybridized carbons (Fsp3) is 0.400. The van der Waals surface area contributed by atoms with Gasteiger partial charge in [-0.1, -0.05) is 0 Å². The van der Waals surface area contributed by atoms with Gasteiger partial charge in [-0.15, -0.1) is 0 Å². The normalized spacial score (nSPS) is 13.7. The Labute approximate surface area is 139 Å². The van der Waals surface area contributed by atoms with Crippen molar-refractivity contribution in [2.24, 2.45) is 0 Å². The molecule has 0 atom stereocenters. The molecule has 0 radical (unpaired) electrons. The Morgan fingerprint density at radius 3 is 2.78 bits per heavy atom. The highest BCUT2D eigenvalue weighted by Crippen LogP contribution is 2.19. The molecule has 0 bridgehead atoms. The molecule has 1 aliphatic rings. The largest absolute Gasteiger partial charge is 0.539 e. The molecule has 122 valence electrons. The van der Waals surface area contributed by atoms with Gasteiger partial charge in [-0.2, -0.15) is 0 Å². The number of ether oxygens (including phenoxy) is 1. The minimum atomic E-state index is -0.470. The molecule has 1 fully saturated rings. The fourth-order valence-electron chi connectivity index (χ4n) is 2.13. The maximum Gasteiger partial charge on any atom is 0.259 e. The van der Waals surface area contributed by atoms with Crippen LogP contribution in [0.25, 0.3) is 5.69 Å². The van der Waals surface area contributed by atoms with Gasteiger partial charge in [0.15, 0.2) is 11.1 Å². The number of hydrogen-bond donors (Lipinski definition) is 1. The summed E-state index contributed by atoms with van der Waals surface area (Å²) in [5.74, 6) is 0.260. The minimum absolute atomic E-state index is 0.312. The van der Waals surface area contributed by atoms with Crippen LogP contribution in [0, 0.1) is 0 Å². The Kier molecular flexibility index (Phi) is 4.33. The summed E-state index contributed by atoms with van der Waals surface area (Å²) >= 11 is 5.34. The van der Waals surface area contributed by atoms with E-state index >= 15 is 0 Å². The first-order valence-corrected chi connectivity index (χ1v) is 7.73. The van der Waals surface area contributed by atoms with Gasteiger partial charge in [0.1, 0.15) is 12.3 Å². The van der Waals surface area contributed by atoms with Crippen LogP contribution in [0.4, 0.5) is 0 Å². The molecule has 0 saturated heterocycles. The summed E-state index contributed by atoms with van der Waals surface area (Å²) in [5.41, 5.74) is 1.14. The quantitative estimate of drug-likeness (QED) is 0.630. The predicted octanol–water partition coefficient (Wildman–Crippen LogP) is 0.502. The maximum atomic E-state index is 12.0. The predicted molar refractivity (Wildman–Crippen MR) is 84.3 cm³/mol. The molecule has 7 nitrogen and oxygen atoms in total. The molecule has 1 saturated carbocycles. The van der Waals surface area contributed by atoms with Gasteiger partial charge in [-0.05, 0) is 41.9 Å². The number of benzene rings is 1. The van der Waals surface area contributed by atoms with E-state index in [1.165, 1.54) is 4.68 Å². The fourth-order valence-corrected chi connectivity index (χ4v) is 2.36. The van der Waals surface area contributed by atoms with Gasteiger partial charge in [0.05, 0.1) is 12.4 Å². The van der Waals surface area contributed by atoms with Crippen LogP contribution in [0.5, 0.6) is 11.7 Å². The smallest absolute Gasteiger partial charge is 0.259 e. The molecule has 0 spiro atoms. The molecule has 1 aromatic carbocycles. The van der Waals surface area contributed by atoms with Gasteiger partial charge in [-0.25, -0.2) is 0 Å². The van der Waals surface area contributed by atoms with Crippen molar-refractivity contribution in [1.29, 1.82) is 0 Å². The zero-order valence-corrected chi connectivity index (χ0v) is 13.8. The van der Waals surface area contributed by atoms with E-state index < -0.39 is 5.95 Å². The van der Waals surface area contributed by atoms with E-state index in [4.69, 9.17) is 21.5 Å². The molecule has 3 rings (SSSR count). The maximum absolute atomic E-state index is 12.0. The summed E-state index contributed by atoms with van der Waals surface area (Å²) < 4.78 is 11.4. The van der Waals surface area contributed by atoms with Gasteiger partial charge in [0.25, 0.3) is 5.69 Å². The van der Waals surface area contributed by atoms with Gasteiger partial charge in [0.2, 0.25) is 5.69 Å². The van der Waals surface area contributed by atoms with Gasteiger partial charge >= 0.3 is 0 Å². The first-order chi connectivity index (χ1) is 11.1. The lowest BCUT2D eigenvalue weighted by Gasteiger charge is -2.19. The van der Waals surface area contributed by atoms with E-state index in [0.717, 1.165) is 24.3 Å². The first-order valence-electron chi connectivity index (χ1n) is 7.32. The minimum Gasteiger partial charge on any atom is -0.539 e. The van der Waals surface area contributed by atoms with Crippen molar-refractivity contribution in [2.75, 3.05) is 14.2 Å². The zero-order chi connectivity index (χ0) is 16.4. The molecule has 1 N–H and O–H groups in total. The van der Waals surface area contributed by atoms with Crippen LogP contribution < -0.4 is 19.8 Å². The van der Waals surface area contributed by atoms with Crippen molar-refractivity contribution in [1.82, 2.24) is 15.5 Å².